The summed E-state index contributed by atoms with van der Waals surface area (Å²) in [5.74, 6) is -0.181. The van der Waals surface area contributed by atoms with Crippen molar-refractivity contribution in [3.63, 3.8) is 0 Å². The van der Waals surface area contributed by atoms with E-state index < -0.39 is 4.92 Å². The fourth-order valence-electron chi connectivity index (χ4n) is 1.48. The average Bonchev–Trinajstić information content (AvgIpc) is 2.37. The zero-order chi connectivity index (χ0) is 14.6. The number of hydrogen-bond acceptors (Lipinski definition) is 5. The van der Waals surface area contributed by atoms with Gasteiger partial charge in [-0.1, -0.05) is 0 Å². The monoisotopic (exact) mass is 262 g/mol. The quantitative estimate of drug-likeness (QED) is 0.596. The lowest BCUT2D eigenvalue weighted by Gasteiger charge is -2.20. The predicted octanol–water partition coefficient (Wildman–Crippen LogP) is 0.991. The van der Waals surface area contributed by atoms with Crippen molar-refractivity contribution in [2.45, 2.75) is 0 Å². The molecule has 0 radical (unpaired) electrons. The third-order valence-corrected chi connectivity index (χ3v) is 2.58. The molecule has 0 saturated heterocycles. The molecule has 100 valence electrons. The van der Waals surface area contributed by atoms with Gasteiger partial charge in [0, 0.05) is 27.2 Å². The van der Waals surface area contributed by atoms with E-state index in [4.69, 9.17) is 5.26 Å². The molecule has 7 heteroatoms. The molecule has 1 rings (SSSR count). The maximum absolute atomic E-state index is 11.6. The standard InChI is InChI=1S/C12H14N4O3/c1-14(2)12(17)8-15(3)11-6-9(7-13)4-5-10(11)16(18)19/h4-6H,8H2,1-3H3. The molecular weight excluding hydrogens is 248 g/mol. The number of amides is 1. The molecule has 0 aliphatic heterocycles. The molecule has 0 saturated carbocycles. The van der Waals surface area contributed by atoms with E-state index in [9.17, 15) is 14.9 Å². The molecule has 0 atom stereocenters. The van der Waals surface area contributed by atoms with Crippen LogP contribution >= 0.6 is 0 Å². The highest BCUT2D eigenvalue weighted by Gasteiger charge is 2.19. The lowest BCUT2D eigenvalue weighted by atomic mass is 10.1. The summed E-state index contributed by atoms with van der Waals surface area (Å²) in [6.07, 6.45) is 0. The van der Waals surface area contributed by atoms with E-state index in [0.717, 1.165) is 0 Å². The van der Waals surface area contributed by atoms with E-state index in [1.807, 2.05) is 6.07 Å². The highest BCUT2D eigenvalue weighted by molar-refractivity contribution is 5.82. The first kappa shape index (κ1) is 14.4. The van der Waals surface area contributed by atoms with Crippen molar-refractivity contribution in [1.82, 2.24) is 4.90 Å². The van der Waals surface area contributed by atoms with Gasteiger partial charge in [-0.15, -0.1) is 0 Å². The number of rotatable bonds is 4. The van der Waals surface area contributed by atoms with Crippen molar-refractivity contribution in [2.24, 2.45) is 0 Å². The van der Waals surface area contributed by atoms with Gasteiger partial charge >= 0.3 is 0 Å². The summed E-state index contributed by atoms with van der Waals surface area (Å²) in [5.41, 5.74) is 0.428. The minimum atomic E-state index is -0.535. The van der Waals surface area contributed by atoms with Crippen molar-refractivity contribution in [3.8, 4) is 6.07 Å². The number of likely N-dealkylation sites (N-methyl/N-ethyl adjacent to an activating group) is 2. The van der Waals surface area contributed by atoms with Crippen molar-refractivity contribution < 1.29 is 9.72 Å². The van der Waals surface area contributed by atoms with E-state index in [1.165, 1.54) is 28.0 Å². The van der Waals surface area contributed by atoms with E-state index in [0.29, 0.717) is 5.56 Å². The Morgan fingerprint density at radius 2 is 2.05 bits per heavy atom. The van der Waals surface area contributed by atoms with Gasteiger partial charge in [0.2, 0.25) is 5.91 Å². The molecule has 7 nitrogen and oxygen atoms in total. The minimum absolute atomic E-state index is 0.00270. The predicted molar refractivity (Wildman–Crippen MR) is 69.8 cm³/mol. The Kier molecular flexibility index (Phi) is 4.42. The maximum Gasteiger partial charge on any atom is 0.292 e. The zero-order valence-electron chi connectivity index (χ0n) is 11.0. The van der Waals surface area contributed by atoms with E-state index in [2.05, 4.69) is 0 Å². The normalized spacial score (nSPS) is 9.58. The summed E-state index contributed by atoms with van der Waals surface area (Å²) in [6.45, 7) is 0.00270. The van der Waals surface area contributed by atoms with Gasteiger partial charge in [-0.25, -0.2) is 0 Å². The summed E-state index contributed by atoms with van der Waals surface area (Å²) in [6, 6.07) is 5.97. The number of carbonyl (C=O) groups excluding carboxylic acids is 1. The molecule has 0 unspecified atom stereocenters. The Hall–Kier alpha value is -2.62. The van der Waals surface area contributed by atoms with Crippen LogP contribution in [0.25, 0.3) is 0 Å². The summed E-state index contributed by atoms with van der Waals surface area (Å²) in [4.78, 5) is 24.9. The second-order valence-corrected chi connectivity index (χ2v) is 4.22. The van der Waals surface area contributed by atoms with Gasteiger partial charge in [0.15, 0.2) is 0 Å². The maximum atomic E-state index is 11.6. The second-order valence-electron chi connectivity index (χ2n) is 4.22. The number of nitro groups is 1. The highest BCUT2D eigenvalue weighted by Crippen LogP contribution is 2.28. The Morgan fingerprint density at radius 3 is 2.53 bits per heavy atom. The topological polar surface area (TPSA) is 90.5 Å². The lowest BCUT2D eigenvalue weighted by molar-refractivity contribution is -0.384. The smallest absolute Gasteiger partial charge is 0.292 e. The van der Waals surface area contributed by atoms with Crippen molar-refractivity contribution in [3.05, 3.63) is 33.9 Å². The van der Waals surface area contributed by atoms with Crippen LogP contribution in [0.2, 0.25) is 0 Å². The first-order valence-corrected chi connectivity index (χ1v) is 5.46. The summed E-state index contributed by atoms with van der Waals surface area (Å²) in [5, 5.41) is 19.8. The largest absolute Gasteiger partial charge is 0.360 e. The van der Waals surface area contributed by atoms with Crippen LogP contribution in [0.3, 0.4) is 0 Å². The first-order valence-electron chi connectivity index (χ1n) is 5.46. The summed E-state index contributed by atoms with van der Waals surface area (Å²) in [7, 11) is 4.79. The SMILES string of the molecule is CN(C)C(=O)CN(C)c1cc(C#N)ccc1[N+](=O)[O-]. The minimum Gasteiger partial charge on any atom is -0.360 e. The molecule has 1 amide bonds. The molecule has 0 bridgehead atoms. The molecule has 1 aromatic carbocycles. The fourth-order valence-corrected chi connectivity index (χ4v) is 1.48. The molecule has 0 N–H and O–H groups in total. The number of anilines is 1. The van der Waals surface area contributed by atoms with Crippen LogP contribution in [0, 0.1) is 21.4 Å². The molecular formula is C12H14N4O3. The van der Waals surface area contributed by atoms with E-state index in [-0.39, 0.29) is 23.8 Å². The van der Waals surface area contributed by atoms with Gasteiger partial charge in [-0.3, -0.25) is 14.9 Å². The first-order chi connectivity index (χ1) is 8.86. The van der Waals surface area contributed by atoms with Gasteiger partial charge in [-0.2, -0.15) is 5.26 Å². The molecule has 0 spiro atoms. The third kappa shape index (κ3) is 3.42. The number of benzene rings is 1. The van der Waals surface area contributed by atoms with Crippen LogP contribution in [0.1, 0.15) is 5.56 Å². The van der Waals surface area contributed by atoms with Crippen LogP contribution in [0.15, 0.2) is 18.2 Å². The summed E-state index contributed by atoms with van der Waals surface area (Å²) < 4.78 is 0. The third-order valence-electron chi connectivity index (χ3n) is 2.58. The highest BCUT2D eigenvalue weighted by atomic mass is 16.6. The Bertz CT molecular complexity index is 548. The number of nitriles is 1. The van der Waals surface area contributed by atoms with Gasteiger partial charge in [0.1, 0.15) is 5.69 Å². The van der Waals surface area contributed by atoms with E-state index >= 15 is 0 Å². The number of nitrogens with zero attached hydrogens (tertiary/aromatic N) is 4. The van der Waals surface area contributed by atoms with Gasteiger partial charge < -0.3 is 9.80 Å². The molecule has 0 aromatic heterocycles. The van der Waals surface area contributed by atoms with Crippen LogP contribution in [-0.2, 0) is 4.79 Å². The van der Waals surface area contributed by atoms with Gasteiger partial charge in [-0.05, 0) is 12.1 Å². The molecule has 0 fully saturated rings. The summed E-state index contributed by atoms with van der Waals surface area (Å²) >= 11 is 0. The van der Waals surface area contributed by atoms with E-state index in [1.54, 1.807) is 21.1 Å². The van der Waals surface area contributed by atoms with Crippen molar-refractivity contribution in [2.75, 3.05) is 32.6 Å². The Morgan fingerprint density at radius 1 is 1.42 bits per heavy atom. The molecule has 0 aliphatic rings. The van der Waals surface area contributed by atoms with Crippen LogP contribution in [-0.4, -0.2) is 43.4 Å². The fraction of sp³-hybridized carbons (Fsp3) is 0.333. The van der Waals surface area contributed by atoms with Gasteiger partial charge in [0.05, 0.1) is 23.1 Å². The lowest BCUT2D eigenvalue weighted by Crippen LogP contribution is -2.34. The Labute approximate surface area is 110 Å². The molecule has 0 aliphatic carbocycles. The van der Waals surface area contributed by atoms with Crippen LogP contribution in [0.4, 0.5) is 11.4 Å². The number of carbonyl (C=O) groups is 1. The van der Waals surface area contributed by atoms with Crippen molar-refractivity contribution in [1.29, 1.82) is 5.26 Å². The molecule has 19 heavy (non-hydrogen) atoms. The molecule has 0 heterocycles. The van der Waals surface area contributed by atoms with Gasteiger partial charge in [0.25, 0.3) is 5.69 Å². The van der Waals surface area contributed by atoms with Crippen LogP contribution < -0.4 is 4.90 Å². The zero-order valence-corrected chi connectivity index (χ0v) is 11.0. The molecule has 1 aromatic rings. The average molecular weight is 262 g/mol. The number of hydrogen-bond donors (Lipinski definition) is 0. The number of nitro benzene ring substituents is 1. The second kappa shape index (κ2) is 5.82. The van der Waals surface area contributed by atoms with Crippen molar-refractivity contribution >= 4 is 17.3 Å². The van der Waals surface area contributed by atoms with Crippen LogP contribution in [0.5, 0.6) is 0 Å². The Balaban J connectivity index is 3.13.